The van der Waals surface area contributed by atoms with E-state index in [1.54, 1.807) is 6.92 Å². The maximum atomic E-state index is 11.6. The van der Waals surface area contributed by atoms with Gasteiger partial charge in [-0.3, -0.25) is 9.59 Å². The molecule has 0 bridgehead atoms. The van der Waals surface area contributed by atoms with Gasteiger partial charge in [-0.1, -0.05) is 0 Å². The van der Waals surface area contributed by atoms with Crippen LogP contribution in [0.1, 0.15) is 20.8 Å². The second-order valence-electron chi connectivity index (χ2n) is 4.43. The fraction of sp³-hybridized carbons (Fsp3) is 0.667. The van der Waals surface area contributed by atoms with Crippen LogP contribution < -0.4 is 20.5 Å². The van der Waals surface area contributed by atoms with Crippen molar-refractivity contribution in [1.82, 2.24) is 0 Å². The van der Waals surface area contributed by atoms with Gasteiger partial charge in [0.1, 0.15) is 5.69 Å². The molecule has 0 saturated carbocycles. The zero-order chi connectivity index (χ0) is 12.6. The number of nitrogens with zero attached hydrogens (tertiary/aromatic N) is 1. The first-order valence-corrected chi connectivity index (χ1v) is 5.91. The third-order valence-corrected chi connectivity index (χ3v) is 2.87. The van der Waals surface area contributed by atoms with Crippen molar-refractivity contribution in [3.63, 3.8) is 0 Å². The smallest absolute Gasteiger partial charge is 0.272 e. The summed E-state index contributed by atoms with van der Waals surface area (Å²) in [5.74, 6) is 0.221. The summed E-state index contributed by atoms with van der Waals surface area (Å²) >= 11 is 0. The first-order valence-electron chi connectivity index (χ1n) is 5.91. The lowest BCUT2D eigenvalue weighted by atomic mass is 10.1. The van der Waals surface area contributed by atoms with Gasteiger partial charge in [0.05, 0.1) is 18.8 Å². The molecule has 0 N–H and O–H groups in total. The van der Waals surface area contributed by atoms with E-state index in [-0.39, 0.29) is 18.0 Å². The molecule has 1 saturated heterocycles. The Bertz CT molecular complexity index is 465. The zero-order valence-corrected chi connectivity index (χ0v) is 10.4. The van der Waals surface area contributed by atoms with E-state index in [2.05, 4.69) is 0 Å². The molecular weight excluding hydrogens is 222 g/mol. The predicted molar refractivity (Wildman–Crippen MR) is 64.7 cm³/mol. The molecule has 0 radical (unpaired) electrons. The number of morpholine rings is 1. The summed E-state index contributed by atoms with van der Waals surface area (Å²) < 4.78 is 10.8. The van der Waals surface area contributed by atoms with Gasteiger partial charge in [-0.25, -0.2) is 0 Å². The van der Waals surface area contributed by atoms with Crippen molar-refractivity contribution in [3.8, 4) is 5.75 Å². The topological polar surface area (TPSA) is 55.8 Å². The van der Waals surface area contributed by atoms with Gasteiger partial charge in [0.2, 0.25) is 0 Å². The third-order valence-electron chi connectivity index (χ3n) is 2.87. The largest absolute Gasteiger partial charge is 0.488 e. The number of rotatable bonds is 3. The quantitative estimate of drug-likeness (QED) is 0.710. The van der Waals surface area contributed by atoms with Gasteiger partial charge in [0, 0.05) is 13.1 Å². The molecule has 0 aromatic heterocycles. The van der Waals surface area contributed by atoms with Crippen molar-refractivity contribution in [2.75, 3.05) is 24.6 Å². The van der Waals surface area contributed by atoms with Crippen molar-refractivity contribution >= 4 is 5.69 Å². The summed E-state index contributed by atoms with van der Waals surface area (Å²) in [5.41, 5.74) is -0.512. The molecule has 94 valence electrons. The van der Waals surface area contributed by atoms with Crippen LogP contribution in [0.25, 0.3) is 0 Å². The molecule has 0 spiro atoms. The Balaban J connectivity index is 2.25. The highest BCUT2D eigenvalue weighted by molar-refractivity contribution is 5.64. The van der Waals surface area contributed by atoms with Crippen molar-refractivity contribution in [2.45, 2.75) is 33.0 Å². The number of hydrogen-bond donors (Lipinski definition) is 0. The lowest BCUT2D eigenvalue weighted by Crippen LogP contribution is -2.51. The normalized spacial score (nSPS) is 25.2. The number of anilines is 1. The van der Waals surface area contributed by atoms with Gasteiger partial charge in [0.15, 0.2) is 5.75 Å². The van der Waals surface area contributed by atoms with E-state index >= 15 is 0 Å². The SMILES string of the molecule is CCOc1c(N2C[C@@H](C)O[C@H](C)C2)c(=O)c1=O. The first kappa shape index (κ1) is 12.1. The van der Waals surface area contributed by atoms with Gasteiger partial charge in [0.25, 0.3) is 10.9 Å². The van der Waals surface area contributed by atoms with E-state index < -0.39 is 10.9 Å². The highest BCUT2D eigenvalue weighted by atomic mass is 16.5. The van der Waals surface area contributed by atoms with E-state index in [1.165, 1.54) is 0 Å². The van der Waals surface area contributed by atoms with Gasteiger partial charge >= 0.3 is 0 Å². The van der Waals surface area contributed by atoms with Crippen LogP contribution in [-0.2, 0) is 4.74 Å². The summed E-state index contributed by atoms with van der Waals surface area (Å²) in [6, 6.07) is 0. The standard InChI is InChI=1S/C12H17NO4/c1-4-16-12-9(10(14)11(12)15)13-5-7(2)17-8(3)6-13/h7-8H,4-6H2,1-3H3/t7-,8-/m1/s1. The molecular formula is C12H17NO4. The summed E-state index contributed by atoms with van der Waals surface area (Å²) in [5, 5.41) is 0. The third kappa shape index (κ3) is 2.07. The molecule has 1 aromatic carbocycles. The predicted octanol–water partition coefficient (Wildman–Crippen LogP) is 0.295. The van der Waals surface area contributed by atoms with Crippen LogP contribution in [0.2, 0.25) is 0 Å². The Labute approximate surface area is 99.6 Å². The maximum Gasteiger partial charge on any atom is 0.272 e. The van der Waals surface area contributed by atoms with Crippen molar-refractivity contribution in [2.24, 2.45) is 0 Å². The van der Waals surface area contributed by atoms with E-state index in [0.717, 1.165) is 0 Å². The zero-order valence-electron chi connectivity index (χ0n) is 10.4. The van der Waals surface area contributed by atoms with Gasteiger partial charge in [-0.15, -0.1) is 0 Å². The molecule has 5 nitrogen and oxygen atoms in total. The molecule has 5 heteroatoms. The van der Waals surface area contributed by atoms with E-state index in [9.17, 15) is 9.59 Å². The molecule has 0 aliphatic carbocycles. The summed E-state index contributed by atoms with van der Waals surface area (Å²) in [7, 11) is 0. The monoisotopic (exact) mass is 239 g/mol. The molecule has 2 atom stereocenters. The minimum Gasteiger partial charge on any atom is -0.488 e. The lowest BCUT2D eigenvalue weighted by Gasteiger charge is -2.37. The van der Waals surface area contributed by atoms with Gasteiger partial charge in [-0.05, 0) is 20.8 Å². The molecule has 1 heterocycles. The minimum atomic E-state index is -0.506. The number of hydrogen-bond acceptors (Lipinski definition) is 5. The van der Waals surface area contributed by atoms with E-state index in [1.807, 2.05) is 18.7 Å². The Morgan fingerprint density at radius 1 is 1.24 bits per heavy atom. The summed E-state index contributed by atoms with van der Waals surface area (Å²) in [6.45, 7) is 7.34. The molecule has 17 heavy (non-hydrogen) atoms. The molecule has 1 aliphatic heterocycles. The fourth-order valence-corrected chi connectivity index (χ4v) is 2.28. The Kier molecular flexibility index (Phi) is 3.19. The second kappa shape index (κ2) is 4.49. The molecule has 0 amide bonds. The van der Waals surface area contributed by atoms with Crippen molar-refractivity contribution < 1.29 is 9.47 Å². The Morgan fingerprint density at radius 2 is 1.82 bits per heavy atom. The Morgan fingerprint density at radius 3 is 2.35 bits per heavy atom. The lowest BCUT2D eigenvalue weighted by molar-refractivity contribution is -0.00549. The van der Waals surface area contributed by atoms with Crippen LogP contribution in [0.15, 0.2) is 9.59 Å². The minimum absolute atomic E-state index is 0.0534. The van der Waals surface area contributed by atoms with Crippen molar-refractivity contribution in [1.29, 1.82) is 0 Å². The van der Waals surface area contributed by atoms with Crippen LogP contribution in [0.3, 0.4) is 0 Å². The highest BCUT2D eigenvalue weighted by Crippen LogP contribution is 2.25. The van der Waals surface area contributed by atoms with Gasteiger partial charge < -0.3 is 14.4 Å². The van der Waals surface area contributed by atoms with Crippen LogP contribution >= 0.6 is 0 Å². The molecule has 1 aliphatic rings. The summed E-state index contributed by atoms with van der Waals surface area (Å²) in [4.78, 5) is 24.9. The summed E-state index contributed by atoms with van der Waals surface area (Å²) in [6.07, 6.45) is 0.107. The van der Waals surface area contributed by atoms with Crippen LogP contribution in [0.4, 0.5) is 5.69 Å². The van der Waals surface area contributed by atoms with Crippen molar-refractivity contribution in [3.05, 3.63) is 20.4 Å². The average Bonchev–Trinajstić information content (AvgIpc) is 2.26. The molecule has 1 aromatic rings. The molecule has 2 rings (SSSR count). The highest BCUT2D eigenvalue weighted by Gasteiger charge is 2.32. The average molecular weight is 239 g/mol. The van der Waals surface area contributed by atoms with Crippen LogP contribution in [0.5, 0.6) is 5.75 Å². The van der Waals surface area contributed by atoms with E-state index in [0.29, 0.717) is 25.4 Å². The number of ether oxygens (including phenoxy) is 2. The van der Waals surface area contributed by atoms with E-state index in [4.69, 9.17) is 9.47 Å². The van der Waals surface area contributed by atoms with Crippen LogP contribution in [0, 0.1) is 0 Å². The van der Waals surface area contributed by atoms with Crippen LogP contribution in [-0.4, -0.2) is 31.9 Å². The maximum absolute atomic E-state index is 11.6. The second-order valence-corrected chi connectivity index (χ2v) is 4.43. The fourth-order valence-electron chi connectivity index (χ4n) is 2.28. The first-order chi connectivity index (χ1) is 8.04. The molecule has 0 unspecified atom stereocenters. The molecule has 1 fully saturated rings. The van der Waals surface area contributed by atoms with Gasteiger partial charge in [-0.2, -0.15) is 0 Å². The Hall–Kier alpha value is -1.36.